The van der Waals surface area contributed by atoms with Gasteiger partial charge in [0, 0.05) is 0 Å². The highest BCUT2D eigenvalue weighted by Gasteiger charge is 2.16. The van der Waals surface area contributed by atoms with Gasteiger partial charge in [-0.25, -0.2) is 13.2 Å². The van der Waals surface area contributed by atoms with Crippen molar-refractivity contribution in [2.45, 2.75) is 32.7 Å². The summed E-state index contributed by atoms with van der Waals surface area (Å²) in [6, 6.07) is 9.96. The van der Waals surface area contributed by atoms with Gasteiger partial charge in [0.1, 0.15) is 0 Å². The molecule has 2 rings (SSSR count). The maximum atomic E-state index is 13.7. The van der Waals surface area contributed by atoms with Crippen molar-refractivity contribution in [3.8, 4) is 0 Å². The number of hydrogen-bond acceptors (Lipinski definition) is 1. The van der Waals surface area contributed by atoms with Gasteiger partial charge in [0.25, 0.3) is 0 Å². The predicted molar refractivity (Wildman–Crippen MR) is 78.8 cm³/mol. The third-order valence-electron chi connectivity index (χ3n) is 3.56. The van der Waals surface area contributed by atoms with E-state index in [-0.39, 0.29) is 11.7 Å². The Balaban J connectivity index is 2.24. The molecule has 0 aliphatic heterocycles. The minimum Gasteiger partial charge on any atom is -0.376 e. The Morgan fingerprint density at radius 2 is 1.57 bits per heavy atom. The van der Waals surface area contributed by atoms with E-state index in [1.54, 1.807) is 0 Å². The topological polar surface area (TPSA) is 12.0 Å². The standard InChI is InChI=1S/C17H18F3N/c1-3-11-5-7-12(8-6-11)14(4-2)21-15-10-9-13(18)16(19)17(15)20/h5-10,14,21H,3-4H2,1-2H3. The molecule has 0 saturated carbocycles. The number of aryl methyl sites for hydroxylation is 1. The summed E-state index contributed by atoms with van der Waals surface area (Å²) in [5.41, 5.74) is 2.17. The van der Waals surface area contributed by atoms with E-state index in [4.69, 9.17) is 0 Å². The molecule has 0 fully saturated rings. The van der Waals surface area contributed by atoms with Crippen LogP contribution in [0, 0.1) is 17.5 Å². The number of nitrogens with one attached hydrogen (secondary N) is 1. The summed E-state index contributed by atoms with van der Waals surface area (Å²) >= 11 is 0. The van der Waals surface area contributed by atoms with Crippen LogP contribution < -0.4 is 5.32 Å². The lowest BCUT2D eigenvalue weighted by molar-refractivity contribution is 0.448. The summed E-state index contributed by atoms with van der Waals surface area (Å²) in [6.45, 7) is 4.02. The number of benzene rings is 2. The quantitative estimate of drug-likeness (QED) is 0.744. The zero-order valence-corrected chi connectivity index (χ0v) is 12.1. The molecule has 1 nitrogen and oxygen atoms in total. The smallest absolute Gasteiger partial charge is 0.196 e. The monoisotopic (exact) mass is 293 g/mol. The minimum absolute atomic E-state index is 0.0275. The van der Waals surface area contributed by atoms with E-state index in [0.29, 0.717) is 6.42 Å². The number of anilines is 1. The Morgan fingerprint density at radius 3 is 2.14 bits per heavy atom. The largest absolute Gasteiger partial charge is 0.376 e. The summed E-state index contributed by atoms with van der Waals surface area (Å²) in [7, 11) is 0. The molecule has 2 aromatic carbocycles. The first-order valence-corrected chi connectivity index (χ1v) is 7.05. The van der Waals surface area contributed by atoms with Gasteiger partial charge in [-0.1, -0.05) is 38.1 Å². The zero-order chi connectivity index (χ0) is 15.4. The van der Waals surface area contributed by atoms with E-state index >= 15 is 0 Å². The van der Waals surface area contributed by atoms with Crippen LogP contribution in [0.4, 0.5) is 18.9 Å². The molecule has 1 unspecified atom stereocenters. The molecule has 4 heteroatoms. The van der Waals surface area contributed by atoms with Crippen molar-refractivity contribution < 1.29 is 13.2 Å². The van der Waals surface area contributed by atoms with Gasteiger partial charge in [-0.3, -0.25) is 0 Å². The van der Waals surface area contributed by atoms with E-state index in [2.05, 4.69) is 12.2 Å². The van der Waals surface area contributed by atoms with Gasteiger partial charge in [0.05, 0.1) is 11.7 Å². The molecule has 112 valence electrons. The van der Waals surface area contributed by atoms with Crippen molar-refractivity contribution >= 4 is 5.69 Å². The Morgan fingerprint density at radius 1 is 0.905 bits per heavy atom. The van der Waals surface area contributed by atoms with Crippen molar-refractivity contribution in [1.29, 1.82) is 0 Å². The third-order valence-corrected chi connectivity index (χ3v) is 3.56. The normalized spacial score (nSPS) is 12.2. The second-order valence-corrected chi connectivity index (χ2v) is 4.92. The molecular weight excluding hydrogens is 275 g/mol. The van der Waals surface area contributed by atoms with Gasteiger partial charge < -0.3 is 5.32 Å². The minimum atomic E-state index is -1.45. The number of halogens is 3. The highest BCUT2D eigenvalue weighted by molar-refractivity contribution is 5.47. The lowest BCUT2D eigenvalue weighted by Gasteiger charge is -2.19. The maximum Gasteiger partial charge on any atom is 0.196 e. The fraction of sp³-hybridized carbons (Fsp3) is 0.294. The Hall–Kier alpha value is -1.97. The SMILES string of the molecule is CCc1ccc(C(CC)Nc2ccc(F)c(F)c2F)cc1. The first-order valence-electron chi connectivity index (χ1n) is 7.05. The first kappa shape index (κ1) is 15.4. The Bertz CT molecular complexity index is 608. The van der Waals surface area contributed by atoms with E-state index in [0.717, 1.165) is 18.1 Å². The van der Waals surface area contributed by atoms with Crippen LogP contribution in [0.1, 0.15) is 37.4 Å². The van der Waals surface area contributed by atoms with E-state index in [9.17, 15) is 13.2 Å². The zero-order valence-electron chi connectivity index (χ0n) is 12.1. The lowest BCUT2D eigenvalue weighted by Crippen LogP contribution is -2.12. The van der Waals surface area contributed by atoms with Gasteiger partial charge in [-0.2, -0.15) is 0 Å². The highest BCUT2D eigenvalue weighted by atomic mass is 19.2. The van der Waals surface area contributed by atoms with Crippen LogP contribution in [0.5, 0.6) is 0 Å². The molecule has 0 heterocycles. The summed E-state index contributed by atoms with van der Waals surface area (Å²) in [5, 5.41) is 2.94. The number of hydrogen-bond donors (Lipinski definition) is 1. The molecule has 0 saturated heterocycles. The average Bonchev–Trinajstić information content (AvgIpc) is 2.52. The van der Waals surface area contributed by atoms with Crippen molar-refractivity contribution in [2.75, 3.05) is 5.32 Å². The van der Waals surface area contributed by atoms with Crippen LogP contribution in [0.25, 0.3) is 0 Å². The molecule has 0 bridgehead atoms. The van der Waals surface area contributed by atoms with Crippen LogP contribution in [-0.2, 0) is 6.42 Å². The van der Waals surface area contributed by atoms with Crippen molar-refractivity contribution in [3.63, 3.8) is 0 Å². The fourth-order valence-electron chi connectivity index (χ4n) is 2.23. The molecule has 2 aromatic rings. The van der Waals surface area contributed by atoms with Crippen LogP contribution in [0.2, 0.25) is 0 Å². The van der Waals surface area contributed by atoms with Crippen LogP contribution in [-0.4, -0.2) is 0 Å². The van der Waals surface area contributed by atoms with E-state index < -0.39 is 17.5 Å². The van der Waals surface area contributed by atoms with Crippen molar-refractivity contribution in [2.24, 2.45) is 0 Å². The van der Waals surface area contributed by atoms with E-state index in [1.165, 1.54) is 11.6 Å². The van der Waals surface area contributed by atoms with Gasteiger partial charge in [-0.05, 0) is 36.1 Å². The van der Waals surface area contributed by atoms with Crippen LogP contribution >= 0.6 is 0 Å². The molecule has 1 atom stereocenters. The van der Waals surface area contributed by atoms with Gasteiger partial charge in [0.15, 0.2) is 17.5 Å². The predicted octanol–water partition coefficient (Wildman–Crippen LogP) is 5.23. The molecule has 1 N–H and O–H groups in total. The molecule has 0 spiro atoms. The summed E-state index contributed by atoms with van der Waals surface area (Å²) in [5.74, 6) is -3.81. The maximum absolute atomic E-state index is 13.7. The Labute approximate surface area is 122 Å². The lowest BCUT2D eigenvalue weighted by atomic mass is 10.0. The second kappa shape index (κ2) is 6.66. The molecule has 21 heavy (non-hydrogen) atoms. The van der Waals surface area contributed by atoms with Crippen LogP contribution in [0.3, 0.4) is 0 Å². The van der Waals surface area contributed by atoms with Crippen molar-refractivity contribution in [3.05, 3.63) is 65.0 Å². The van der Waals surface area contributed by atoms with Crippen LogP contribution in [0.15, 0.2) is 36.4 Å². The molecule has 0 aliphatic rings. The highest BCUT2D eigenvalue weighted by Crippen LogP contribution is 2.26. The average molecular weight is 293 g/mol. The molecule has 0 amide bonds. The van der Waals surface area contributed by atoms with E-state index in [1.807, 2.05) is 31.2 Å². The summed E-state index contributed by atoms with van der Waals surface area (Å²) in [4.78, 5) is 0. The third kappa shape index (κ3) is 3.38. The summed E-state index contributed by atoms with van der Waals surface area (Å²) < 4.78 is 39.9. The van der Waals surface area contributed by atoms with Gasteiger partial charge >= 0.3 is 0 Å². The Kier molecular flexibility index (Phi) is 4.89. The molecule has 0 radical (unpaired) electrons. The molecule has 0 aliphatic carbocycles. The first-order chi connectivity index (χ1) is 10.1. The second-order valence-electron chi connectivity index (χ2n) is 4.92. The molecular formula is C17H18F3N. The fourth-order valence-corrected chi connectivity index (χ4v) is 2.23. The molecule has 0 aromatic heterocycles. The summed E-state index contributed by atoms with van der Waals surface area (Å²) in [6.07, 6.45) is 1.65. The number of rotatable bonds is 5. The van der Waals surface area contributed by atoms with Crippen molar-refractivity contribution in [1.82, 2.24) is 0 Å². The van der Waals surface area contributed by atoms with Gasteiger partial charge in [0.2, 0.25) is 0 Å². The van der Waals surface area contributed by atoms with Gasteiger partial charge in [-0.15, -0.1) is 0 Å².